The zero-order valence-corrected chi connectivity index (χ0v) is 17.7. The van der Waals surface area contributed by atoms with E-state index in [0.29, 0.717) is 40.9 Å². The molecule has 31 heavy (non-hydrogen) atoms. The highest BCUT2D eigenvalue weighted by Gasteiger charge is 2.23. The van der Waals surface area contributed by atoms with Gasteiger partial charge in [0, 0.05) is 18.0 Å². The standard InChI is InChI=1S/C20H21N7O3S/c1-2-3-22-4-6-27-18-16(17(21)24-10-25-18)26-20(27)31-15-9-14-13(29-11-30-14)8-12(15)19-23-5-7-28-19/h5,7-10,22H,2-4,6,11H2,1H3,(H2,21,24,25). The van der Waals surface area contributed by atoms with Crippen molar-refractivity contribution in [3.05, 3.63) is 30.9 Å². The van der Waals surface area contributed by atoms with Crippen molar-refractivity contribution >= 4 is 28.7 Å². The lowest BCUT2D eigenvalue weighted by atomic mass is 10.2. The second-order valence-corrected chi connectivity index (χ2v) is 7.88. The van der Waals surface area contributed by atoms with E-state index in [0.717, 1.165) is 35.1 Å². The number of oxazole rings is 1. The summed E-state index contributed by atoms with van der Waals surface area (Å²) in [5.74, 6) is 2.17. The molecule has 0 aliphatic carbocycles. The van der Waals surface area contributed by atoms with E-state index < -0.39 is 0 Å². The third-order valence-corrected chi connectivity index (χ3v) is 5.85. The Morgan fingerprint density at radius 3 is 2.84 bits per heavy atom. The summed E-state index contributed by atoms with van der Waals surface area (Å²) in [5.41, 5.74) is 8.15. The molecule has 11 heteroatoms. The number of imidazole rings is 1. The van der Waals surface area contributed by atoms with E-state index in [1.165, 1.54) is 18.1 Å². The fraction of sp³-hybridized carbons (Fsp3) is 0.300. The molecular weight excluding hydrogens is 418 g/mol. The van der Waals surface area contributed by atoms with E-state index in [2.05, 4.69) is 27.2 Å². The Bertz CT molecular complexity index is 1210. The van der Waals surface area contributed by atoms with Crippen LogP contribution in [0.25, 0.3) is 22.6 Å². The number of nitrogens with one attached hydrogen (secondary N) is 1. The summed E-state index contributed by atoms with van der Waals surface area (Å²) in [7, 11) is 0. The first-order valence-electron chi connectivity index (χ1n) is 9.93. The molecule has 3 aromatic heterocycles. The van der Waals surface area contributed by atoms with Crippen LogP contribution in [0.1, 0.15) is 13.3 Å². The molecule has 0 spiro atoms. The molecule has 1 aliphatic heterocycles. The number of nitrogens with two attached hydrogens (primary N) is 1. The van der Waals surface area contributed by atoms with Crippen LogP contribution in [0, 0.1) is 0 Å². The number of nitrogen functional groups attached to an aromatic ring is 1. The van der Waals surface area contributed by atoms with Crippen molar-refractivity contribution in [2.45, 2.75) is 29.9 Å². The maximum Gasteiger partial charge on any atom is 0.231 e. The quantitative estimate of drug-likeness (QED) is 0.396. The summed E-state index contributed by atoms with van der Waals surface area (Å²) in [6, 6.07) is 3.79. The van der Waals surface area contributed by atoms with Crippen LogP contribution in [0.15, 0.2) is 45.4 Å². The van der Waals surface area contributed by atoms with Gasteiger partial charge in [-0.2, -0.15) is 0 Å². The third kappa shape index (κ3) is 3.77. The molecular formula is C20H21N7O3S. The first-order valence-corrected chi connectivity index (χ1v) is 10.7. The SMILES string of the molecule is CCCNCCn1c(Sc2cc3c(cc2-c2ncco2)OCO3)nc2c(N)ncnc21. The molecule has 1 aromatic carbocycles. The van der Waals surface area contributed by atoms with Gasteiger partial charge in [0.05, 0.1) is 11.8 Å². The van der Waals surface area contributed by atoms with Crippen LogP contribution in [0.3, 0.4) is 0 Å². The molecule has 0 saturated carbocycles. The van der Waals surface area contributed by atoms with E-state index in [-0.39, 0.29) is 6.79 Å². The second-order valence-electron chi connectivity index (χ2n) is 6.87. The van der Waals surface area contributed by atoms with E-state index >= 15 is 0 Å². The number of anilines is 1. The molecule has 0 radical (unpaired) electrons. The Kier molecular flexibility index (Phi) is 5.35. The Labute approximate surface area is 182 Å². The first-order chi connectivity index (χ1) is 15.2. The highest BCUT2D eigenvalue weighted by atomic mass is 32.2. The number of ether oxygens (including phenoxy) is 2. The van der Waals surface area contributed by atoms with E-state index in [1.54, 1.807) is 12.5 Å². The Balaban J connectivity index is 1.57. The van der Waals surface area contributed by atoms with Crippen LogP contribution < -0.4 is 20.5 Å². The molecule has 160 valence electrons. The average Bonchev–Trinajstić information content (AvgIpc) is 3.51. The molecule has 0 saturated heterocycles. The molecule has 0 unspecified atom stereocenters. The molecule has 5 rings (SSSR count). The van der Waals surface area contributed by atoms with Crippen LogP contribution in [0.4, 0.5) is 5.82 Å². The van der Waals surface area contributed by atoms with E-state index in [9.17, 15) is 0 Å². The van der Waals surface area contributed by atoms with Gasteiger partial charge in [0.2, 0.25) is 12.7 Å². The number of rotatable bonds is 8. The predicted octanol–water partition coefficient (Wildman–Crippen LogP) is 2.94. The lowest BCUT2D eigenvalue weighted by molar-refractivity contribution is 0.174. The largest absolute Gasteiger partial charge is 0.454 e. The Hall–Kier alpha value is -3.31. The van der Waals surface area contributed by atoms with Gasteiger partial charge in [-0.3, -0.25) is 0 Å². The van der Waals surface area contributed by atoms with Gasteiger partial charge in [0.15, 0.2) is 33.6 Å². The monoisotopic (exact) mass is 439 g/mol. The summed E-state index contributed by atoms with van der Waals surface area (Å²) in [6.07, 6.45) is 5.68. The maximum absolute atomic E-state index is 6.08. The summed E-state index contributed by atoms with van der Waals surface area (Å²) in [6.45, 7) is 4.74. The minimum Gasteiger partial charge on any atom is -0.454 e. The van der Waals surface area contributed by atoms with Crippen molar-refractivity contribution in [3.63, 3.8) is 0 Å². The summed E-state index contributed by atoms with van der Waals surface area (Å²) in [4.78, 5) is 18.4. The topological polar surface area (TPSA) is 126 Å². The highest BCUT2D eigenvalue weighted by molar-refractivity contribution is 7.99. The normalized spacial score (nSPS) is 12.7. The molecule has 1 aliphatic rings. The first kappa shape index (κ1) is 19.6. The van der Waals surface area contributed by atoms with Crippen molar-refractivity contribution in [3.8, 4) is 23.0 Å². The van der Waals surface area contributed by atoms with Crippen LogP contribution in [-0.4, -0.2) is 44.4 Å². The molecule has 0 atom stereocenters. The van der Waals surface area contributed by atoms with Crippen LogP contribution in [0.2, 0.25) is 0 Å². The summed E-state index contributed by atoms with van der Waals surface area (Å²) < 4.78 is 18.7. The number of aromatic nitrogens is 5. The smallest absolute Gasteiger partial charge is 0.231 e. The van der Waals surface area contributed by atoms with Gasteiger partial charge < -0.3 is 29.5 Å². The van der Waals surface area contributed by atoms with Crippen molar-refractivity contribution in [1.29, 1.82) is 0 Å². The fourth-order valence-corrected chi connectivity index (χ4v) is 4.38. The van der Waals surface area contributed by atoms with Gasteiger partial charge in [-0.15, -0.1) is 0 Å². The highest BCUT2D eigenvalue weighted by Crippen LogP contribution is 2.44. The Morgan fingerprint density at radius 2 is 2.03 bits per heavy atom. The molecule has 0 bridgehead atoms. The number of hydrogen-bond acceptors (Lipinski definition) is 10. The van der Waals surface area contributed by atoms with Crippen molar-refractivity contribution in [1.82, 2.24) is 29.8 Å². The summed E-state index contributed by atoms with van der Waals surface area (Å²) in [5, 5.41) is 4.16. The van der Waals surface area contributed by atoms with Crippen molar-refractivity contribution in [2.75, 3.05) is 25.6 Å². The number of hydrogen-bond donors (Lipinski definition) is 2. The van der Waals surface area contributed by atoms with Gasteiger partial charge in [-0.05, 0) is 25.1 Å². The minimum absolute atomic E-state index is 0.183. The van der Waals surface area contributed by atoms with E-state index in [1.807, 2.05) is 16.7 Å². The van der Waals surface area contributed by atoms with Crippen molar-refractivity contribution in [2.24, 2.45) is 0 Å². The molecule has 4 heterocycles. The number of nitrogens with zero attached hydrogens (tertiary/aromatic N) is 5. The molecule has 4 aromatic rings. The molecule has 0 fully saturated rings. The zero-order chi connectivity index (χ0) is 21.2. The molecule has 10 nitrogen and oxygen atoms in total. The maximum atomic E-state index is 6.08. The lowest BCUT2D eigenvalue weighted by Crippen LogP contribution is -2.21. The summed E-state index contributed by atoms with van der Waals surface area (Å²) >= 11 is 1.47. The number of benzene rings is 1. The van der Waals surface area contributed by atoms with Gasteiger partial charge in [-0.1, -0.05) is 18.7 Å². The van der Waals surface area contributed by atoms with Gasteiger partial charge in [0.1, 0.15) is 12.6 Å². The minimum atomic E-state index is 0.183. The second kappa shape index (κ2) is 8.44. The van der Waals surface area contributed by atoms with E-state index in [4.69, 9.17) is 24.6 Å². The van der Waals surface area contributed by atoms with Crippen molar-refractivity contribution < 1.29 is 13.9 Å². The lowest BCUT2D eigenvalue weighted by Gasteiger charge is -2.11. The van der Waals surface area contributed by atoms with Gasteiger partial charge >= 0.3 is 0 Å². The fourth-order valence-electron chi connectivity index (χ4n) is 3.34. The Morgan fingerprint density at radius 1 is 1.16 bits per heavy atom. The molecule has 3 N–H and O–H groups in total. The van der Waals surface area contributed by atoms with Crippen LogP contribution >= 0.6 is 11.8 Å². The number of fused-ring (bicyclic) bond motifs is 2. The zero-order valence-electron chi connectivity index (χ0n) is 16.9. The predicted molar refractivity (Wildman–Crippen MR) is 115 cm³/mol. The van der Waals surface area contributed by atoms with Crippen LogP contribution in [-0.2, 0) is 6.54 Å². The average molecular weight is 440 g/mol. The van der Waals surface area contributed by atoms with Crippen LogP contribution in [0.5, 0.6) is 11.5 Å². The molecule has 0 amide bonds. The van der Waals surface area contributed by atoms with Gasteiger partial charge in [0.25, 0.3) is 0 Å². The van der Waals surface area contributed by atoms with Gasteiger partial charge in [-0.25, -0.2) is 19.9 Å². The third-order valence-electron chi connectivity index (χ3n) is 4.80.